The van der Waals surface area contributed by atoms with Crippen LogP contribution in [-0.4, -0.2) is 16.2 Å². The molecule has 6 heteroatoms. The Morgan fingerprint density at radius 3 is 2.68 bits per heavy atom. The van der Waals surface area contributed by atoms with E-state index in [-0.39, 0.29) is 0 Å². The van der Waals surface area contributed by atoms with Crippen LogP contribution in [0.3, 0.4) is 0 Å². The van der Waals surface area contributed by atoms with Crippen molar-refractivity contribution >= 4 is 51.7 Å². The predicted octanol–water partition coefficient (Wildman–Crippen LogP) is 5.27. The van der Waals surface area contributed by atoms with Crippen molar-refractivity contribution < 1.29 is 0 Å². The zero-order chi connectivity index (χ0) is 15.5. The van der Waals surface area contributed by atoms with Crippen LogP contribution in [0, 0.1) is 0 Å². The number of benzene rings is 2. The number of halogens is 2. The van der Waals surface area contributed by atoms with E-state index in [1.165, 1.54) is 4.90 Å². The second-order valence-corrected chi connectivity index (χ2v) is 6.40. The second-order valence-electron chi connectivity index (χ2n) is 4.71. The summed E-state index contributed by atoms with van der Waals surface area (Å²) in [6.07, 6.45) is 3.62. The Labute approximate surface area is 143 Å². The lowest BCUT2D eigenvalue weighted by Gasteiger charge is -2.10. The average Bonchev–Trinajstić information content (AvgIpc) is 2.55. The number of anilines is 1. The van der Waals surface area contributed by atoms with E-state index in [9.17, 15) is 0 Å². The topological polar surface area (TPSA) is 37.8 Å². The van der Waals surface area contributed by atoms with Gasteiger partial charge in [-0.25, -0.2) is 9.97 Å². The molecule has 0 amide bonds. The molecule has 2 aromatic carbocycles. The number of nitrogens with zero attached hydrogens (tertiary/aromatic N) is 2. The van der Waals surface area contributed by atoms with Crippen LogP contribution in [-0.2, 0) is 6.54 Å². The molecule has 0 bridgehead atoms. The standard InChI is InChI=1S/C16H13Cl2N3S/c1-22-11-3-5-15-12(7-11)16(21-9-20-15)19-8-10-2-4-13(17)14(18)6-10/h2-7,9H,8H2,1H3,(H,19,20,21). The number of hydrogen-bond acceptors (Lipinski definition) is 4. The smallest absolute Gasteiger partial charge is 0.137 e. The molecular formula is C16H13Cl2N3S. The molecule has 0 aliphatic carbocycles. The molecule has 3 aromatic rings. The van der Waals surface area contributed by atoms with Crippen molar-refractivity contribution in [1.82, 2.24) is 9.97 Å². The molecule has 1 aromatic heterocycles. The highest BCUT2D eigenvalue weighted by atomic mass is 35.5. The van der Waals surface area contributed by atoms with E-state index in [1.807, 2.05) is 24.5 Å². The zero-order valence-corrected chi connectivity index (χ0v) is 14.1. The molecule has 3 nitrogen and oxygen atoms in total. The maximum absolute atomic E-state index is 6.04. The number of aromatic nitrogens is 2. The van der Waals surface area contributed by atoms with E-state index in [1.54, 1.807) is 24.2 Å². The summed E-state index contributed by atoms with van der Waals surface area (Å²) in [5.74, 6) is 0.812. The van der Waals surface area contributed by atoms with Gasteiger partial charge in [0, 0.05) is 16.8 Å². The number of nitrogens with one attached hydrogen (secondary N) is 1. The summed E-state index contributed by atoms with van der Waals surface area (Å²) in [7, 11) is 0. The fourth-order valence-electron chi connectivity index (χ4n) is 2.14. The lowest BCUT2D eigenvalue weighted by molar-refractivity contribution is 1.10. The van der Waals surface area contributed by atoms with Crippen LogP contribution >= 0.6 is 35.0 Å². The molecule has 0 spiro atoms. The number of fused-ring (bicyclic) bond motifs is 1. The minimum absolute atomic E-state index is 0.554. The van der Waals surface area contributed by atoms with E-state index in [4.69, 9.17) is 23.2 Å². The largest absolute Gasteiger partial charge is 0.365 e. The average molecular weight is 350 g/mol. The summed E-state index contributed by atoms with van der Waals surface area (Å²) in [6.45, 7) is 0.618. The summed E-state index contributed by atoms with van der Waals surface area (Å²) in [6, 6.07) is 11.8. The lowest BCUT2D eigenvalue weighted by Crippen LogP contribution is -2.02. The predicted molar refractivity (Wildman–Crippen MR) is 95.1 cm³/mol. The molecule has 1 N–H and O–H groups in total. The van der Waals surface area contributed by atoms with Gasteiger partial charge in [-0.3, -0.25) is 0 Å². The Balaban J connectivity index is 1.88. The Bertz CT molecular complexity index is 824. The third-order valence-corrected chi connectivity index (χ3v) is 4.75. The van der Waals surface area contributed by atoms with Gasteiger partial charge in [0.2, 0.25) is 0 Å². The molecule has 22 heavy (non-hydrogen) atoms. The Hall–Kier alpha value is -1.49. The summed E-state index contributed by atoms with van der Waals surface area (Å²) >= 11 is 13.7. The summed E-state index contributed by atoms with van der Waals surface area (Å²) in [5.41, 5.74) is 1.96. The third-order valence-electron chi connectivity index (χ3n) is 3.29. The van der Waals surface area contributed by atoms with Crippen molar-refractivity contribution in [2.45, 2.75) is 11.4 Å². The Kier molecular flexibility index (Phi) is 4.71. The van der Waals surface area contributed by atoms with E-state index < -0.39 is 0 Å². The van der Waals surface area contributed by atoms with Crippen LogP contribution in [0.5, 0.6) is 0 Å². The fraction of sp³-hybridized carbons (Fsp3) is 0.125. The molecular weight excluding hydrogens is 337 g/mol. The Morgan fingerprint density at radius 1 is 1.05 bits per heavy atom. The number of thioether (sulfide) groups is 1. The molecule has 0 radical (unpaired) electrons. The molecule has 3 rings (SSSR count). The van der Waals surface area contributed by atoms with E-state index >= 15 is 0 Å². The lowest BCUT2D eigenvalue weighted by atomic mass is 10.2. The minimum atomic E-state index is 0.554. The second kappa shape index (κ2) is 6.73. The highest BCUT2D eigenvalue weighted by Crippen LogP contribution is 2.26. The third kappa shape index (κ3) is 3.29. The van der Waals surface area contributed by atoms with Gasteiger partial charge in [0.1, 0.15) is 12.1 Å². The molecule has 0 aliphatic rings. The highest BCUT2D eigenvalue weighted by molar-refractivity contribution is 7.98. The zero-order valence-electron chi connectivity index (χ0n) is 11.8. The van der Waals surface area contributed by atoms with E-state index in [0.29, 0.717) is 16.6 Å². The first-order chi connectivity index (χ1) is 10.7. The van der Waals surface area contributed by atoms with Crippen LogP contribution in [0.1, 0.15) is 5.56 Å². The van der Waals surface area contributed by atoms with Gasteiger partial charge in [-0.05, 0) is 42.2 Å². The SMILES string of the molecule is CSc1ccc2ncnc(NCc3ccc(Cl)c(Cl)c3)c2c1. The van der Waals surface area contributed by atoms with Crippen LogP contribution in [0.25, 0.3) is 10.9 Å². The summed E-state index contributed by atoms with van der Waals surface area (Å²) in [5, 5.41) is 5.46. The molecule has 112 valence electrons. The van der Waals surface area contributed by atoms with Crippen LogP contribution < -0.4 is 5.32 Å². The molecule has 0 saturated heterocycles. The Morgan fingerprint density at radius 2 is 1.91 bits per heavy atom. The molecule has 0 atom stereocenters. The molecule has 0 fully saturated rings. The first-order valence-electron chi connectivity index (χ1n) is 6.64. The fourth-order valence-corrected chi connectivity index (χ4v) is 2.90. The van der Waals surface area contributed by atoms with Crippen LogP contribution in [0.2, 0.25) is 10.0 Å². The summed E-state index contributed by atoms with van der Waals surface area (Å²) < 4.78 is 0. The van der Waals surface area contributed by atoms with Gasteiger partial charge in [0.05, 0.1) is 15.6 Å². The van der Waals surface area contributed by atoms with Gasteiger partial charge in [-0.15, -0.1) is 11.8 Å². The molecule has 0 saturated carbocycles. The first-order valence-corrected chi connectivity index (χ1v) is 8.62. The minimum Gasteiger partial charge on any atom is -0.365 e. The van der Waals surface area contributed by atoms with Crippen molar-refractivity contribution in [3.8, 4) is 0 Å². The van der Waals surface area contributed by atoms with Crippen molar-refractivity contribution in [1.29, 1.82) is 0 Å². The summed E-state index contributed by atoms with van der Waals surface area (Å²) in [4.78, 5) is 9.83. The van der Waals surface area contributed by atoms with Crippen LogP contribution in [0.4, 0.5) is 5.82 Å². The normalized spacial score (nSPS) is 10.9. The first kappa shape index (κ1) is 15.4. The van der Waals surface area contributed by atoms with E-state index in [0.717, 1.165) is 22.3 Å². The van der Waals surface area contributed by atoms with Crippen molar-refractivity contribution in [3.05, 3.63) is 58.3 Å². The number of rotatable bonds is 4. The van der Waals surface area contributed by atoms with Gasteiger partial charge in [0.15, 0.2) is 0 Å². The molecule has 0 aliphatic heterocycles. The monoisotopic (exact) mass is 349 g/mol. The van der Waals surface area contributed by atoms with Crippen molar-refractivity contribution in [2.75, 3.05) is 11.6 Å². The molecule has 1 heterocycles. The van der Waals surface area contributed by atoms with Crippen molar-refractivity contribution in [3.63, 3.8) is 0 Å². The maximum atomic E-state index is 6.04. The van der Waals surface area contributed by atoms with Crippen molar-refractivity contribution in [2.24, 2.45) is 0 Å². The number of hydrogen-bond donors (Lipinski definition) is 1. The van der Waals surface area contributed by atoms with Crippen LogP contribution in [0.15, 0.2) is 47.6 Å². The van der Waals surface area contributed by atoms with Gasteiger partial charge in [-0.1, -0.05) is 29.3 Å². The van der Waals surface area contributed by atoms with Gasteiger partial charge < -0.3 is 5.32 Å². The van der Waals surface area contributed by atoms with Gasteiger partial charge >= 0.3 is 0 Å². The quantitative estimate of drug-likeness (QED) is 0.651. The maximum Gasteiger partial charge on any atom is 0.137 e. The molecule has 0 unspecified atom stereocenters. The highest BCUT2D eigenvalue weighted by Gasteiger charge is 2.05. The van der Waals surface area contributed by atoms with Gasteiger partial charge in [0.25, 0.3) is 0 Å². The van der Waals surface area contributed by atoms with E-state index in [2.05, 4.69) is 27.4 Å². The van der Waals surface area contributed by atoms with Gasteiger partial charge in [-0.2, -0.15) is 0 Å².